The zero-order chi connectivity index (χ0) is 30.0. The molecule has 1 aromatic heterocycles. The van der Waals surface area contributed by atoms with Crippen molar-refractivity contribution < 1.29 is 27.4 Å². The number of fused-ring (bicyclic) bond motifs is 1. The van der Waals surface area contributed by atoms with Gasteiger partial charge in [0.05, 0.1) is 42.7 Å². The standard InChI is InChI=1S/C32H37ClF3N3O3/c1-20(2)15-22-17-28-25(18-27(22)33)29(31(40)41-3)26(30(37-28)21-5-4-6-23(16-21)32(34,35)36)19-38-9-7-24(8-10-38)39-11-13-42-14-12-39/h4-6,16-18,20,24H,7-15,19H2,1-3H3. The number of piperidine rings is 1. The topological polar surface area (TPSA) is 54.9 Å². The van der Waals surface area contributed by atoms with Crippen molar-refractivity contribution in [2.75, 3.05) is 46.5 Å². The number of likely N-dealkylation sites (tertiary alicyclic amines) is 1. The third kappa shape index (κ3) is 6.75. The summed E-state index contributed by atoms with van der Waals surface area (Å²) in [7, 11) is 1.31. The number of halogens is 4. The molecule has 0 aliphatic carbocycles. The Morgan fingerprint density at radius 2 is 1.83 bits per heavy atom. The number of alkyl halides is 3. The Morgan fingerprint density at radius 3 is 2.48 bits per heavy atom. The fraction of sp³-hybridized carbons (Fsp3) is 0.500. The Kier molecular flexibility index (Phi) is 9.42. The summed E-state index contributed by atoms with van der Waals surface area (Å²) in [6.07, 6.45) is -1.91. The van der Waals surface area contributed by atoms with Gasteiger partial charge in [0.25, 0.3) is 0 Å². The zero-order valence-electron chi connectivity index (χ0n) is 24.3. The first-order chi connectivity index (χ1) is 20.0. The van der Waals surface area contributed by atoms with E-state index in [4.69, 9.17) is 26.1 Å². The lowest BCUT2D eigenvalue weighted by Crippen LogP contribution is -2.48. The molecular weight excluding hydrogens is 567 g/mol. The molecule has 2 aromatic carbocycles. The molecule has 0 atom stereocenters. The molecule has 2 fully saturated rings. The number of methoxy groups -OCH3 is 1. The van der Waals surface area contributed by atoms with Gasteiger partial charge in [-0.15, -0.1) is 0 Å². The third-order valence-corrected chi connectivity index (χ3v) is 8.59. The van der Waals surface area contributed by atoms with E-state index in [0.717, 1.165) is 69.9 Å². The first-order valence-electron chi connectivity index (χ1n) is 14.5. The maximum atomic E-state index is 13.8. The van der Waals surface area contributed by atoms with E-state index in [1.165, 1.54) is 13.2 Å². The van der Waals surface area contributed by atoms with Crippen LogP contribution in [-0.4, -0.2) is 73.3 Å². The van der Waals surface area contributed by atoms with E-state index in [1.54, 1.807) is 12.1 Å². The fourth-order valence-corrected chi connectivity index (χ4v) is 6.38. The van der Waals surface area contributed by atoms with Gasteiger partial charge in [-0.25, -0.2) is 9.78 Å². The molecule has 3 heterocycles. The second-order valence-electron chi connectivity index (χ2n) is 11.6. The van der Waals surface area contributed by atoms with Crippen LogP contribution in [0.1, 0.15) is 53.7 Å². The highest BCUT2D eigenvalue weighted by atomic mass is 35.5. The number of carbonyl (C=O) groups is 1. The Morgan fingerprint density at radius 1 is 1.12 bits per heavy atom. The number of nitrogens with zero attached hydrogens (tertiary/aromatic N) is 3. The number of ether oxygens (including phenoxy) is 2. The quantitative estimate of drug-likeness (QED) is 0.275. The van der Waals surface area contributed by atoms with Crippen molar-refractivity contribution in [1.29, 1.82) is 0 Å². The maximum Gasteiger partial charge on any atom is 0.416 e. The normalized spacial score (nSPS) is 17.7. The molecule has 0 radical (unpaired) electrons. The molecule has 2 aliphatic rings. The van der Waals surface area contributed by atoms with Crippen LogP contribution in [-0.2, 0) is 28.6 Å². The predicted octanol–water partition coefficient (Wildman–Crippen LogP) is 6.86. The van der Waals surface area contributed by atoms with Gasteiger partial charge >= 0.3 is 12.1 Å². The highest BCUT2D eigenvalue weighted by molar-refractivity contribution is 6.32. The molecule has 2 aliphatic heterocycles. The van der Waals surface area contributed by atoms with Crippen molar-refractivity contribution in [1.82, 2.24) is 14.8 Å². The van der Waals surface area contributed by atoms with Crippen molar-refractivity contribution >= 4 is 28.5 Å². The van der Waals surface area contributed by atoms with Crippen LogP contribution in [0.4, 0.5) is 13.2 Å². The molecule has 226 valence electrons. The summed E-state index contributed by atoms with van der Waals surface area (Å²) < 4.78 is 52.0. The minimum atomic E-state index is -4.52. The van der Waals surface area contributed by atoms with Gasteiger partial charge < -0.3 is 9.47 Å². The minimum absolute atomic E-state index is 0.295. The number of carbonyl (C=O) groups excluding carboxylic acids is 1. The first kappa shape index (κ1) is 30.7. The summed E-state index contributed by atoms with van der Waals surface area (Å²) in [5, 5.41) is 1.06. The third-order valence-electron chi connectivity index (χ3n) is 8.24. The van der Waals surface area contributed by atoms with Gasteiger partial charge in [-0.3, -0.25) is 9.80 Å². The number of morpholine rings is 1. The van der Waals surface area contributed by atoms with Gasteiger partial charge in [-0.2, -0.15) is 13.2 Å². The summed E-state index contributed by atoms with van der Waals surface area (Å²) in [5.41, 5.74) is 2.09. The molecule has 0 saturated carbocycles. The van der Waals surface area contributed by atoms with Gasteiger partial charge in [0.1, 0.15) is 0 Å². The summed E-state index contributed by atoms with van der Waals surface area (Å²) in [4.78, 5) is 23.1. The number of esters is 1. The van der Waals surface area contributed by atoms with Crippen molar-refractivity contribution in [2.45, 2.75) is 51.9 Å². The Labute approximate surface area is 249 Å². The smallest absolute Gasteiger partial charge is 0.416 e. The van der Waals surface area contributed by atoms with Crippen molar-refractivity contribution in [2.24, 2.45) is 5.92 Å². The molecule has 5 rings (SSSR count). The average molecular weight is 604 g/mol. The van der Waals surface area contributed by atoms with Crippen LogP contribution in [0.25, 0.3) is 22.2 Å². The summed E-state index contributed by atoms with van der Waals surface area (Å²) in [6, 6.07) is 9.20. The fourth-order valence-electron chi connectivity index (χ4n) is 6.14. The maximum absolute atomic E-state index is 13.8. The van der Waals surface area contributed by atoms with E-state index in [0.29, 0.717) is 63.2 Å². The van der Waals surface area contributed by atoms with Crippen LogP contribution in [0, 0.1) is 5.92 Å². The number of pyridine rings is 1. The molecular formula is C32H37ClF3N3O3. The largest absolute Gasteiger partial charge is 0.465 e. The lowest BCUT2D eigenvalue weighted by Gasteiger charge is -2.40. The second-order valence-corrected chi connectivity index (χ2v) is 12.0. The Balaban J connectivity index is 1.61. The summed E-state index contributed by atoms with van der Waals surface area (Å²) in [5.74, 6) is -0.246. The molecule has 42 heavy (non-hydrogen) atoms. The number of hydrogen-bond donors (Lipinski definition) is 0. The van der Waals surface area contributed by atoms with Gasteiger partial charge in [0.2, 0.25) is 0 Å². The van der Waals surface area contributed by atoms with E-state index in [9.17, 15) is 18.0 Å². The molecule has 3 aromatic rings. The van der Waals surface area contributed by atoms with Crippen LogP contribution in [0.3, 0.4) is 0 Å². The summed E-state index contributed by atoms with van der Waals surface area (Å²) in [6.45, 7) is 9.41. The van der Waals surface area contributed by atoms with Gasteiger partial charge in [-0.05, 0) is 68.1 Å². The van der Waals surface area contributed by atoms with E-state index >= 15 is 0 Å². The van der Waals surface area contributed by atoms with Crippen LogP contribution in [0.5, 0.6) is 0 Å². The number of aromatic nitrogens is 1. The van der Waals surface area contributed by atoms with Crippen LogP contribution >= 0.6 is 11.6 Å². The Bertz CT molecular complexity index is 1430. The lowest BCUT2D eigenvalue weighted by molar-refractivity contribution is -0.137. The molecule has 0 spiro atoms. The summed E-state index contributed by atoms with van der Waals surface area (Å²) >= 11 is 6.70. The van der Waals surface area contributed by atoms with Crippen molar-refractivity contribution in [3.8, 4) is 11.3 Å². The molecule has 0 bridgehead atoms. The van der Waals surface area contributed by atoms with Gasteiger partial charge in [0.15, 0.2) is 0 Å². The second kappa shape index (κ2) is 12.9. The molecule has 0 N–H and O–H groups in total. The van der Waals surface area contributed by atoms with Gasteiger partial charge in [0, 0.05) is 47.2 Å². The highest BCUT2D eigenvalue weighted by Gasteiger charge is 2.32. The molecule has 0 unspecified atom stereocenters. The van der Waals surface area contributed by atoms with E-state index in [2.05, 4.69) is 23.6 Å². The molecule has 10 heteroatoms. The van der Waals surface area contributed by atoms with Crippen LogP contribution < -0.4 is 0 Å². The van der Waals surface area contributed by atoms with Crippen molar-refractivity contribution in [3.05, 3.63) is 63.7 Å². The number of rotatable bonds is 7. The number of hydrogen-bond acceptors (Lipinski definition) is 6. The molecule has 2 saturated heterocycles. The Hall–Kier alpha value is -2.72. The zero-order valence-corrected chi connectivity index (χ0v) is 25.0. The number of benzene rings is 2. The van der Waals surface area contributed by atoms with Crippen LogP contribution in [0.2, 0.25) is 5.02 Å². The average Bonchev–Trinajstić information content (AvgIpc) is 2.97. The SMILES string of the molecule is COC(=O)c1c(CN2CCC(N3CCOCC3)CC2)c(-c2cccc(C(F)(F)F)c2)nc2cc(CC(C)C)c(Cl)cc12. The highest BCUT2D eigenvalue weighted by Crippen LogP contribution is 2.38. The van der Waals surface area contributed by atoms with Crippen LogP contribution in [0.15, 0.2) is 36.4 Å². The van der Waals surface area contributed by atoms with E-state index in [-0.39, 0.29) is 0 Å². The molecule has 6 nitrogen and oxygen atoms in total. The van der Waals surface area contributed by atoms with Gasteiger partial charge in [-0.1, -0.05) is 37.6 Å². The molecule has 0 amide bonds. The lowest BCUT2D eigenvalue weighted by atomic mass is 9.93. The monoisotopic (exact) mass is 603 g/mol. The minimum Gasteiger partial charge on any atom is -0.465 e. The first-order valence-corrected chi connectivity index (χ1v) is 14.9. The van der Waals surface area contributed by atoms with E-state index in [1.807, 2.05) is 6.07 Å². The van der Waals surface area contributed by atoms with Crippen molar-refractivity contribution in [3.63, 3.8) is 0 Å². The van der Waals surface area contributed by atoms with E-state index < -0.39 is 17.7 Å². The predicted molar refractivity (Wildman–Crippen MR) is 158 cm³/mol.